The SMILES string of the molecule is Cc1cc(C(C)C=O)ccc1N1CCCCC1.O=S([O-])O.[Na+]. The molecule has 1 aliphatic heterocycles. The van der Waals surface area contributed by atoms with E-state index in [4.69, 9.17) is 13.3 Å². The largest absolute Gasteiger partial charge is 1.00 e. The summed E-state index contributed by atoms with van der Waals surface area (Å²) in [6, 6.07) is 6.43. The van der Waals surface area contributed by atoms with Crippen molar-refractivity contribution in [1.29, 1.82) is 0 Å². The van der Waals surface area contributed by atoms with Crippen LogP contribution in [0, 0.1) is 6.92 Å². The van der Waals surface area contributed by atoms with Crippen molar-refractivity contribution in [1.82, 2.24) is 0 Å². The van der Waals surface area contributed by atoms with Crippen molar-refractivity contribution >= 4 is 23.3 Å². The van der Waals surface area contributed by atoms with Crippen LogP contribution in [0.1, 0.15) is 43.2 Å². The van der Waals surface area contributed by atoms with Crippen molar-refractivity contribution in [3.63, 3.8) is 0 Å². The third-order valence-electron chi connectivity index (χ3n) is 3.65. The van der Waals surface area contributed by atoms with Gasteiger partial charge in [0.1, 0.15) is 6.29 Å². The predicted octanol–water partition coefficient (Wildman–Crippen LogP) is -0.370. The van der Waals surface area contributed by atoms with Crippen LogP contribution in [0.25, 0.3) is 0 Å². The molecule has 2 atom stereocenters. The molecule has 0 saturated carbocycles. The minimum absolute atomic E-state index is 0. The molecule has 1 saturated heterocycles. The van der Waals surface area contributed by atoms with Gasteiger partial charge in [-0.25, -0.2) is 4.21 Å². The first-order valence-corrected chi connectivity index (χ1v) is 8.08. The molecular weight excluding hydrogens is 313 g/mol. The fraction of sp³-hybridized carbons (Fsp3) is 0.533. The first kappa shape index (κ1) is 21.8. The van der Waals surface area contributed by atoms with E-state index in [1.165, 1.54) is 43.6 Å². The van der Waals surface area contributed by atoms with Crippen LogP contribution in [0.5, 0.6) is 0 Å². The molecule has 1 fully saturated rings. The van der Waals surface area contributed by atoms with Gasteiger partial charge in [0, 0.05) is 24.7 Å². The van der Waals surface area contributed by atoms with Gasteiger partial charge in [0.05, 0.1) is 11.4 Å². The Labute approximate surface area is 156 Å². The van der Waals surface area contributed by atoms with Gasteiger partial charge in [-0.2, -0.15) is 0 Å². The molecule has 1 N–H and O–H groups in total. The number of hydrogen-bond donors (Lipinski definition) is 1. The normalized spacial score (nSPS) is 16.6. The van der Waals surface area contributed by atoms with Crippen molar-refractivity contribution in [2.24, 2.45) is 0 Å². The number of anilines is 1. The first-order chi connectivity index (χ1) is 9.95. The maximum absolute atomic E-state index is 10.8. The molecule has 1 aliphatic rings. The number of rotatable bonds is 3. The van der Waals surface area contributed by atoms with Crippen molar-refractivity contribution in [3.8, 4) is 0 Å². The number of carbonyl (C=O) groups excluding carboxylic acids is 1. The fourth-order valence-electron chi connectivity index (χ4n) is 2.53. The summed E-state index contributed by atoms with van der Waals surface area (Å²) in [7, 11) is 0. The van der Waals surface area contributed by atoms with Crippen molar-refractivity contribution in [2.75, 3.05) is 18.0 Å². The Morgan fingerprint density at radius 2 is 1.86 bits per heavy atom. The molecule has 2 unspecified atom stereocenters. The zero-order valence-electron chi connectivity index (χ0n) is 13.4. The number of benzene rings is 1. The molecular formula is C15H22NNaO4S. The van der Waals surface area contributed by atoms with E-state index in [9.17, 15) is 4.79 Å². The molecule has 0 bridgehead atoms. The van der Waals surface area contributed by atoms with Crippen molar-refractivity contribution in [2.45, 2.75) is 39.0 Å². The van der Waals surface area contributed by atoms with Crippen LogP contribution in [0.2, 0.25) is 0 Å². The van der Waals surface area contributed by atoms with Gasteiger partial charge in [-0.3, -0.25) is 0 Å². The van der Waals surface area contributed by atoms with E-state index in [2.05, 4.69) is 30.0 Å². The van der Waals surface area contributed by atoms with E-state index in [1.54, 1.807) is 0 Å². The van der Waals surface area contributed by atoms with Crippen LogP contribution < -0.4 is 34.5 Å². The molecule has 1 heterocycles. The fourth-order valence-corrected chi connectivity index (χ4v) is 2.53. The average molecular weight is 335 g/mol. The van der Waals surface area contributed by atoms with Gasteiger partial charge in [0.2, 0.25) is 0 Å². The van der Waals surface area contributed by atoms with Crippen molar-refractivity contribution in [3.05, 3.63) is 29.3 Å². The van der Waals surface area contributed by atoms with E-state index in [0.29, 0.717) is 0 Å². The third kappa shape index (κ3) is 7.35. The van der Waals surface area contributed by atoms with Gasteiger partial charge < -0.3 is 18.8 Å². The molecule has 0 aliphatic carbocycles. The molecule has 5 nitrogen and oxygen atoms in total. The van der Waals surface area contributed by atoms with Crippen LogP contribution in [0.3, 0.4) is 0 Å². The average Bonchev–Trinajstić information content (AvgIpc) is 2.46. The molecule has 1 aromatic rings. The summed E-state index contributed by atoms with van der Waals surface area (Å²) >= 11 is -2.86. The number of hydrogen-bond acceptors (Lipinski definition) is 4. The van der Waals surface area contributed by atoms with E-state index in [-0.39, 0.29) is 35.5 Å². The monoisotopic (exact) mass is 335 g/mol. The van der Waals surface area contributed by atoms with Crippen molar-refractivity contribution < 1.29 is 47.7 Å². The van der Waals surface area contributed by atoms with Gasteiger partial charge in [0.25, 0.3) is 0 Å². The van der Waals surface area contributed by atoms with Gasteiger partial charge in [-0.1, -0.05) is 19.1 Å². The number of nitrogens with zero attached hydrogens (tertiary/aromatic N) is 1. The number of aldehydes is 1. The summed E-state index contributed by atoms with van der Waals surface area (Å²) in [5, 5.41) is 0. The van der Waals surface area contributed by atoms with E-state index >= 15 is 0 Å². The van der Waals surface area contributed by atoms with Crippen LogP contribution in [-0.4, -0.2) is 32.7 Å². The molecule has 118 valence electrons. The van der Waals surface area contributed by atoms with E-state index in [1.807, 2.05) is 6.92 Å². The Morgan fingerprint density at radius 1 is 1.32 bits per heavy atom. The Kier molecular flexibility index (Phi) is 11.2. The summed E-state index contributed by atoms with van der Waals surface area (Å²) in [4.78, 5) is 13.3. The predicted molar refractivity (Wildman–Crippen MR) is 83.3 cm³/mol. The first-order valence-electron chi connectivity index (χ1n) is 7.05. The molecule has 0 amide bonds. The molecule has 0 spiro atoms. The smallest absolute Gasteiger partial charge is 0.750 e. The maximum atomic E-state index is 10.8. The van der Waals surface area contributed by atoms with Crippen LogP contribution in [0.4, 0.5) is 5.69 Å². The molecule has 0 aromatic heterocycles. The van der Waals surface area contributed by atoms with Crippen LogP contribution in [0.15, 0.2) is 18.2 Å². The Hall–Kier alpha value is -0.240. The summed E-state index contributed by atoms with van der Waals surface area (Å²) in [6.07, 6.45) is 4.96. The van der Waals surface area contributed by atoms with E-state index in [0.717, 1.165) is 11.8 Å². The Bertz CT molecular complexity index is 488. The quantitative estimate of drug-likeness (QED) is 0.463. The summed E-state index contributed by atoms with van der Waals surface area (Å²) < 4.78 is 24.1. The number of piperidine rings is 1. The number of carbonyl (C=O) groups is 1. The molecule has 22 heavy (non-hydrogen) atoms. The van der Waals surface area contributed by atoms with Gasteiger partial charge in [0.15, 0.2) is 0 Å². The minimum atomic E-state index is -2.86. The zero-order valence-corrected chi connectivity index (χ0v) is 16.3. The summed E-state index contributed by atoms with van der Waals surface area (Å²) in [6.45, 7) is 6.43. The van der Waals surface area contributed by atoms with Gasteiger partial charge >= 0.3 is 29.6 Å². The van der Waals surface area contributed by atoms with Crippen LogP contribution >= 0.6 is 0 Å². The molecule has 0 radical (unpaired) electrons. The Morgan fingerprint density at radius 3 is 2.32 bits per heavy atom. The van der Waals surface area contributed by atoms with Crippen LogP contribution in [-0.2, 0) is 16.2 Å². The number of aryl methyl sites for hydroxylation is 1. The van der Waals surface area contributed by atoms with E-state index < -0.39 is 11.4 Å². The maximum Gasteiger partial charge on any atom is 1.00 e. The van der Waals surface area contributed by atoms with Gasteiger partial charge in [-0.15, -0.1) is 0 Å². The second-order valence-electron chi connectivity index (χ2n) is 5.24. The molecule has 2 rings (SSSR count). The molecule has 7 heteroatoms. The van der Waals surface area contributed by atoms with Gasteiger partial charge in [-0.05, 0) is 43.4 Å². The Balaban J connectivity index is 0.000000791. The molecule has 1 aromatic carbocycles. The topological polar surface area (TPSA) is 80.7 Å². The zero-order chi connectivity index (χ0) is 15.8. The second-order valence-corrected chi connectivity index (χ2v) is 5.67. The minimum Gasteiger partial charge on any atom is -0.750 e. The standard InChI is InChI=1S/C15H21NO.Na.H2O3S/c1-12-10-14(13(2)11-17)6-7-15(12)16-8-4-3-5-9-16;;1-4(2)3/h6-7,10-11,13H,3-5,8-9H2,1-2H3;;(H2,1,2,3)/q;+1;/p-1. The summed E-state index contributed by atoms with van der Waals surface area (Å²) in [5.74, 6) is 0.00380. The second kappa shape index (κ2) is 11.3. The summed E-state index contributed by atoms with van der Waals surface area (Å²) in [5.41, 5.74) is 3.75. The third-order valence-corrected chi connectivity index (χ3v) is 3.65.